The Morgan fingerprint density at radius 2 is 1.80 bits per heavy atom. The van der Waals surface area contributed by atoms with E-state index < -0.39 is 0 Å². The predicted octanol–water partition coefficient (Wildman–Crippen LogP) is 2.92. The predicted molar refractivity (Wildman–Crippen MR) is 78.3 cm³/mol. The molecule has 0 aliphatic heterocycles. The third-order valence-corrected chi connectivity index (χ3v) is 4.59. The summed E-state index contributed by atoms with van der Waals surface area (Å²) in [5.74, 6) is 0.872. The SMILES string of the molecule is COC1(c2ncc(CNC3CC3)cn2)CCCCCC1. The Kier molecular flexibility index (Phi) is 4.32. The van der Waals surface area contributed by atoms with Gasteiger partial charge in [-0.1, -0.05) is 25.7 Å². The highest BCUT2D eigenvalue weighted by Crippen LogP contribution is 2.36. The Labute approximate surface area is 121 Å². The maximum absolute atomic E-state index is 5.85. The summed E-state index contributed by atoms with van der Waals surface area (Å²) >= 11 is 0. The molecule has 0 unspecified atom stereocenters. The largest absolute Gasteiger partial charge is 0.370 e. The fourth-order valence-corrected chi connectivity index (χ4v) is 3.05. The van der Waals surface area contributed by atoms with E-state index in [2.05, 4.69) is 15.3 Å². The Bertz CT molecular complexity index is 420. The van der Waals surface area contributed by atoms with Gasteiger partial charge in [-0.25, -0.2) is 9.97 Å². The van der Waals surface area contributed by atoms with Crippen molar-refractivity contribution < 1.29 is 4.74 Å². The van der Waals surface area contributed by atoms with Crippen LogP contribution in [0.25, 0.3) is 0 Å². The minimum Gasteiger partial charge on any atom is -0.370 e. The zero-order valence-electron chi connectivity index (χ0n) is 12.4. The maximum Gasteiger partial charge on any atom is 0.160 e. The summed E-state index contributed by atoms with van der Waals surface area (Å²) in [6.45, 7) is 0.880. The summed E-state index contributed by atoms with van der Waals surface area (Å²) in [4.78, 5) is 9.22. The van der Waals surface area contributed by atoms with Gasteiger partial charge in [-0.2, -0.15) is 0 Å². The van der Waals surface area contributed by atoms with Gasteiger partial charge < -0.3 is 10.1 Å². The molecule has 4 nitrogen and oxygen atoms in total. The average Bonchev–Trinajstić information content (AvgIpc) is 3.33. The molecular formula is C16H25N3O. The Morgan fingerprint density at radius 1 is 1.15 bits per heavy atom. The van der Waals surface area contributed by atoms with Crippen LogP contribution in [0.5, 0.6) is 0 Å². The van der Waals surface area contributed by atoms with Crippen LogP contribution in [0.2, 0.25) is 0 Å². The van der Waals surface area contributed by atoms with Crippen molar-refractivity contribution in [1.29, 1.82) is 0 Å². The van der Waals surface area contributed by atoms with Gasteiger partial charge in [0.1, 0.15) is 5.60 Å². The minimum atomic E-state index is -0.251. The van der Waals surface area contributed by atoms with Gasteiger partial charge >= 0.3 is 0 Å². The van der Waals surface area contributed by atoms with Gasteiger partial charge in [0.05, 0.1) is 0 Å². The molecule has 0 saturated heterocycles. The summed E-state index contributed by atoms with van der Waals surface area (Å²) in [5, 5.41) is 3.49. The van der Waals surface area contributed by atoms with Crippen LogP contribution < -0.4 is 5.32 Å². The number of hydrogen-bond donors (Lipinski definition) is 1. The Morgan fingerprint density at radius 3 is 2.35 bits per heavy atom. The van der Waals surface area contributed by atoms with E-state index in [0.717, 1.165) is 31.3 Å². The van der Waals surface area contributed by atoms with E-state index in [0.29, 0.717) is 0 Å². The normalized spacial score (nSPS) is 22.4. The smallest absolute Gasteiger partial charge is 0.160 e. The highest BCUT2D eigenvalue weighted by molar-refractivity contribution is 5.10. The zero-order chi connectivity index (χ0) is 13.8. The van der Waals surface area contributed by atoms with Crippen molar-refractivity contribution in [3.05, 3.63) is 23.8 Å². The summed E-state index contributed by atoms with van der Waals surface area (Å²) in [7, 11) is 1.80. The number of methoxy groups -OCH3 is 1. The molecule has 0 aromatic carbocycles. The first-order chi connectivity index (χ1) is 9.82. The van der Waals surface area contributed by atoms with E-state index in [1.165, 1.54) is 44.1 Å². The summed E-state index contributed by atoms with van der Waals surface area (Å²) < 4.78 is 5.85. The monoisotopic (exact) mass is 275 g/mol. The Balaban J connectivity index is 1.70. The van der Waals surface area contributed by atoms with Crippen LogP contribution in [0.1, 0.15) is 62.8 Å². The van der Waals surface area contributed by atoms with E-state index in [1.807, 2.05) is 12.4 Å². The molecule has 0 radical (unpaired) electrons. The van der Waals surface area contributed by atoms with E-state index >= 15 is 0 Å². The van der Waals surface area contributed by atoms with Crippen LogP contribution in [0.4, 0.5) is 0 Å². The number of nitrogens with one attached hydrogen (secondary N) is 1. The number of rotatable bonds is 5. The highest BCUT2D eigenvalue weighted by atomic mass is 16.5. The zero-order valence-corrected chi connectivity index (χ0v) is 12.4. The third kappa shape index (κ3) is 3.18. The van der Waals surface area contributed by atoms with Crippen LogP contribution in [-0.4, -0.2) is 23.1 Å². The molecule has 2 saturated carbocycles. The molecule has 2 aliphatic rings. The van der Waals surface area contributed by atoms with Gasteiger partial charge in [0.15, 0.2) is 5.82 Å². The third-order valence-electron chi connectivity index (χ3n) is 4.59. The second-order valence-electron chi connectivity index (χ2n) is 6.18. The first-order valence-corrected chi connectivity index (χ1v) is 7.92. The lowest BCUT2D eigenvalue weighted by atomic mass is 9.93. The molecule has 1 N–H and O–H groups in total. The van der Waals surface area contributed by atoms with Crippen molar-refractivity contribution in [3.63, 3.8) is 0 Å². The molecule has 1 aromatic rings. The molecule has 1 heterocycles. The molecule has 1 aromatic heterocycles. The first kappa shape index (κ1) is 14.0. The van der Waals surface area contributed by atoms with Gasteiger partial charge in [0.25, 0.3) is 0 Å². The van der Waals surface area contributed by atoms with Crippen LogP contribution in [0.15, 0.2) is 12.4 Å². The van der Waals surface area contributed by atoms with E-state index in [-0.39, 0.29) is 5.60 Å². The number of ether oxygens (including phenoxy) is 1. The van der Waals surface area contributed by atoms with Crippen LogP contribution in [0.3, 0.4) is 0 Å². The molecule has 4 heteroatoms. The number of hydrogen-bond acceptors (Lipinski definition) is 4. The van der Waals surface area contributed by atoms with Crippen LogP contribution >= 0.6 is 0 Å². The van der Waals surface area contributed by atoms with E-state index in [4.69, 9.17) is 4.74 Å². The van der Waals surface area contributed by atoms with Crippen LogP contribution in [-0.2, 0) is 16.9 Å². The topological polar surface area (TPSA) is 47.0 Å². The average molecular weight is 275 g/mol. The summed E-state index contributed by atoms with van der Waals surface area (Å²) in [5.41, 5.74) is 0.916. The second kappa shape index (κ2) is 6.19. The van der Waals surface area contributed by atoms with E-state index in [1.54, 1.807) is 7.11 Å². The lowest BCUT2D eigenvalue weighted by Crippen LogP contribution is -2.30. The second-order valence-corrected chi connectivity index (χ2v) is 6.18. The van der Waals surface area contributed by atoms with Crippen molar-refractivity contribution >= 4 is 0 Å². The highest BCUT2D eigenvalue weighted by Gasteiger charge is 2.35. The van der Waals surface area contributed by atoms with Crippen molar-refractivity contribution in [2.24, 2.45) is 0 Å². The number of nitrogens with zero attached hydrogens (tertiary/aromatic N) is 2. The van der Waals surface area contributed by atoms with Crippen LogP contribution in [0, 0.1) is 0 Å². The lowest BCUT2D eigenvalue weighted by Gasteiger charge is -2.29. The molecule has 2 aliphatic carbocycles. The first-order valence-electron chi connectivity index (χ1n) is 7.92. The van der Waals surface area contributed by atoms with Gasteiger partial charge in [-0.05, 0) is 25.7 Å². The molecule has 0 spiro atoms. The Hall–Kier alpha value is -1.00. The van der Waals surface area contributed by atoms with Crippen molar-refractivity contribution in [2.45, 2.75) is 69.6 Å². The lowest BCUT2D eigenvalue weighted by molar-refractivity contribution is -0.0352. The standard InChI is InChI=1S/C16H25N3O/c1-20-16(8-4-2-3-5-9-16)15-18-11-13(12-19-15)10-17-14-6-7-14/h11-12,14,17H,2-10H2,1H3. The fourth-order valence-electron chi connectivity index (χ4n) is 3.05. The molecule has 3 rings (SSSR count). The van der Waals surface area contributed by atoms with Crippen molar-refractivity contribution in [2.75, 3.05) is 7.11 Å². The quantitative estimate of drug-likeness (QED) is 0.839. The molecule has 110 valence electrons. The molecule has 0 bridgehead atoms. The minimum absolute atomic E-state index is 0.251. The van der Waals surface area contributed by atoms with Crippen molar-refractivity contribution in [1.82, 2.24) is 15.3 Å². The van der Waals surface area contributed by atoms with Gasteiger partial charge in [-0.15, -0.1) is 0 Å². The molecule has 0 atom stereocenters. The summed E-state index contributed by atoms with van der Waals surface area (Å²) in [6, 6.07) is 0.724. The molecule has 0 amide bonds. The fraction of sp³-hybridized carbons (Fsp3) is 0.750. The molecule has 2 fully saturated rings. The van der Waals surface area contributed by atoms with Gasteiger partial charge in [0, 0.05) is 37.7 Å². The van der Waals surface area contributed by atoms with Gasteiger partial charge in [0.2, 0.25) is 0 Å². The number of aromatic nitrogens is 2. The maximum atomic E-state index is 5.85. The van der Waals surface area contributed by atoms with E-state index in [9.17, 15) is 0 Å². The van der Waals surface area contributed by atoms with Gasteiger partial charge in [-0.3, -0.25) is 0 Å². The summed E-state index contributed by atoms with van der Waals surface area (Å²) in [6.07, 6.45) is 13.7. The molecule has 20 heavy (non-hydrogen) atoms. The van der Waals surface area contributed by atoms with Crippen molar-refractivity contribution in [3.8, 4) is 0 Å². The molecular weight excluding hydrogens is 250 g/mol.